The molecule has 1 atom stereocenters. The molecule has 2 aliphatic heterocycles. The van der Waals surface area contributed by atoms with Gasteiger partial charge in [-0.2, -0.15) is 17.0 Å². The zero-order valence-corrected chi connectivity index (χ0v) is 14.5. The van der Waals surface area contributed by atoms with Crippen molar-refractivity contribution in [3.8, 4) is 0 Å². The van der Waals surface area contributed by atoms with Crippen LogP contribution in [0.1, 0.15) is 64.2 Å². The molecule has 2 saturated heterocycles. The Hall–Kier alpha value is -0.170. The van der Waals surface area contributed by atoms with Gasteiger partial charge in [-0.15, -0.1) is 0 Å². The molecule has 128 valence electrons. The summed E-state index contributed by atoms with van der Waals surface area (Å²) in [5, 5.41) is 0. The molecule has 3 rings (SSSR count). The van der Waals surface area contributed by atoms with Gasteiger partial charge >= 0.3 is 0 Å². The molecule has 5 nitrogen and oxygen atoms in total. The minimum Gasteiger partial charge on any atom is -0.329 e. The quantitative estimate of drug-likeness (QED) is 0.862. The van der Waals surface area contributed by atoms with Crippen molar-refractivity contribution in [3.63, 3.8) is 0 Å². The van der Waals surface area contributed by atoms with E-state index >= 15 is 0 Å². The summed E-state index contributed by atoms with van der Waals surface area (Å²) in [6, 6.07) is 0.00400. The lowest BCUT2D eigenvalue weighted by Gasteiger charge is -2.45. The molecule has 3 fully saturated rings. The zero-order valence-electron chi connectivity index (χ0n) is 13.7. The average molecular weight is 330 g/mol. The number of hydrogen-bond donors (Lipinski definition) is 1. The molecule has 1 spiro atoms. The smallest absolute Gasteiger partial charge is 0.282 e. The molecule has 3 aliphatic rings. The Labute approximate surface area is 135 Å². The van der Waals surface area contributed by atoms with E-state index in [0.717, 1.165) is 32.1 Å². The number of piperidine rings is 2. The minimum absolute atomic E-state index is 0.00400. The highest BCUT2D eigenvalue weighted by molar-refractivity contribution is 7.86. The third-order valence-electron chi connectivity index (χ3n) is 6.17. The largest absolute Gasteiger partial charge is 0.329 e. The van der Waals surface area contributed by atoms with Crippen molar-refractivity contribution in [1.82, 2.24) is 8.61 Å². The van der Waals surface area contributed by atoms with Gasteiger partial charge in [0.15, 0.2) is 0 Å². The van der Waals surface area contributed by atoms with E-state index in [4.69, 9.17) is 5.73 Å². The predicted octanol–water partition coefficient (Wildman–Crippen LogP) is 2.09. The maximum atomic E-state index is 13.0. The van der Waals surface area contributed by atoms with Crippen molar-refractivity contribution in [1.29, 1.82) is 0 Å². The van der Waals surface area contributed by atoms with Gasteiger partial charge in [0.05, 0.1) is 0 Å². The van der Waals surface area contributed by atoms with Crippen LogP contribution in [0.4, 0.5) is 0 Å². The lowest BCUT2D eigenvalue weighted by atomic mass is 9.68. The molecule has 2 heterocycles. The summed E-state index contributed by atoms with van der Waals surface area (Å²) < 4.78 is 29.4. The van der Waals surface area contributed by atoms with Gasteiger partial charge in [0.25, 0.3) is 10.2 Å². The molecule has 6 heteroatoms. The molecule has 1 unspecified atom stereocenters. The second-order valence-electron chi connectivity index (χ2n) is 7.46. The molecular formula is C16H31N3O2S. The first-order valence-electron chi connectivity index (χ1n) is 9.04. The first kappa shape index (κ1) is 16.7. The molecule has 0 bridgehead atoms. The van der Waals surface area contributed by atoms with Crippen LogP contribution in [0, 0.1) is 5.41 Å². The van der Waals surface area contributed by atoms with Crippen LogP contribution in [-0.4, -0.2) is 49.2 Å². The molecule has 0 aromatic heterocycles. The summed E-state index contributed by atoms with van der Waals surface area (Å²) >= 11 is 0. The topological polar surface area (TPSA) is 66.6 Å². The summed E-state index contributed by atoms with van der Waals surface area (Å²) in [6.07, 6.45) is 11.7. The Kier molecular flexibility index (Phi) is 5.12. The summed E-state index contributed by atoms with van der Waals surface area (Å²) in [5.41, 5.74) is 6.25. The van der Waals surface area contributed by atoms with Gasteiger partial charge < -0.3 is 5.73 Å². The fourth-order valence-corrected chi connectivity index (χ4v) is 6.52. The van der Waals surface area contributed by atoms with Crippen molar-refractivity contribution in [2.24, 2.45) is 11.1 Å². The fourth-order valence-electron chi connectivity index (χ4n) is 4.65. The summed E-state index contributed by atoms with van der Waals surface area (Å²) in [4.78, 5) is 0. The molecular weight excluding hydrogens is 298 g/mol. The van der Waals surface area contributed by atoms with Crippen molar-refractivity contribution in [3.05, 3.63) is 0 Å². The predicted molar refractivity (Wildman–Crippen MR) is 88.6 cm³/mol. The van der Waals surface area contributed by atoms with Gasteiger partial charge in [0.1, 0.15) is 0 Å². The van der Waals surface area contributed by atoms with Crippen molar-refractivity contribution in [2.75, 3.05) is 26.2 Å². The number of nitrogens with two attached hydrogens (primary N) is 1. The molecule has 0 amide bonds. The van der Waals surface area contributed by atoms with E-state index in [2.05, 4.69) is 0 Å². The van der Waals surface area contributed by atoms with Gasteiger partial charge in [-0.1, -0.05) is 25.7 Å². The monoisotopic (exact) mass is 329 g/mol. The fraction of sp³-hybridized carbons (Fsp3) is 1.00. The highest BCUT2D eigenvalue weighted by atomic mass is 32.2. The molecule has 0 radical (unpaired) electrons. The number of nitrogens with zero attached hydrogens (tertiary/aromatic N) is 2. The Balaban J connectivity index is 1.66. The SMILES string of the molecule is NCC1CCCCN1S(=O)(=O)N1CCC2(CCCCC2)CC1. The lowest BCUT2D eigenvalue weighted by molar-refractivity contribution is 0.0971. The first-order valence-corrected chi connectivity index (χ1v) is 10.4. The number of hydrogen-bond acceptors (Lipinski definition) is 3. The molecule has 1 aliphatic carbocycles. The van der Waals surface area contributed by atoms with E-state index < -0.39 is 10.2 Å². The summed E-state index contributed by atoms with van der Waals surface area (Å²) in [6.45, 7) is 2.50. The average Bonchev–Trinajstić information content (AvgIpc) is 2.56. The van der Waals surface area contributed by atoms with Crippen molar-refractivity contribution >= 4 is 10.2 Å². The standard InChI is InChI=1S/C16H31N3O2S/c17-14-15-6-2-5-11-19(15)22(20,21)18-12-9-16(10-13-18)7-3-1-4-8-16/h15H,1-14,17H2. The van der Waals surface area contributed by atoms with Crippen LogP contribution in [-0.2, 0) is 10.2 Å². The number of rotatable bonds is 3. The highest BCUT2D eigenvalue weighted by Crippen LogP contribution is 2.45. The first-order chi connectivity index (χ1) is 10.6. The van der Waals surface area contributed by atoms with E-state index in [1.165, 1.54) is 32.1 Å². The van der Waals surface area contributed by atoms with Crippen LogP contribution in [0.3, 0.4) is 0 Å². The Bertz CT molecular complexity index is 464. The molecule has 22 heavy (non-hydrogen) atoms. The Morgan fingerprint density at radius 1 is 0.909 bits per heavy atom. The summed E-state index contributed by atoms with van der Waals surface area (Å²) in [5.74, 6) is 0. The van der Waals surface area contributed by atoms with E-state index in [-0.39, 0.29) is 6.04 Å². The third-order valence-corrected chi connectivity index (χ3v) is 8.26. The maximum Gasteiger partial charge on any atom is 0.282 e. The van der Waals surface area contributed by atoms with Crippen LogP contribution in [0.5, 0.6) is 0 Å². The van der Waals surface area contributed by atoms with Crippen molar-refractivity contribution in [2.45, 2.75) is 70.3 Å². The van der Waals surface area contributed by atoms with Crippen LogP contribution in [0.2, 0.25) is 0 Å². The maximum absolute atomic E-state index is 13.0. The van der Waals surface area contributed by atoms with Crippen LogP contribution in [0.25, 0.3) is 0 Å². The van der Waals surface area contributed by atoms with Crippen LogP contribution >= 0.6 is 0 Å². The zero-order chi connectivity index (χ0) is 15.6. The van der Waals surface area contributed by atoms with Gasteiger partial charge in [0.2, 0.25) is 0 Å². The molecule has 0 aromatic carbocycles. The Morgan fingerprint density at radius 3 is 2.23 bits per heavy atom. The highest BCUT2D eigenvalue weighted by Gasteiger charge is 2.42. The van der Waals surface area contributed by atoms with Gasteiger partial charge in [-0.05, 0) is 43.9 Å². The van der Waals surface area contributed by atoms with E-state index in [0.29, 0.717) is 31.6 Å². The normalized spacial score (nSPS) is 31.4. The second-order valence-corrected chi connectivity index (χ2v) is 9.34. The van der Waals surface area contributed by atoms with Crippen LogP contribution in [0.15, 0.2) is 0 Å². The molecule has 0 aromatic rings. The Morgan fingerprint density at radius 2 is 1.59 bits per heavy atom. The van der Waals surface area contributed by atoms with E-state index in [1.807, 2.05) is 0 Å². The summed E-state index contributed by atoms with van der Waals surface area (Å²) in [7, 11) is -3.32. The van der Waals surface area contributed by atoms with E-state index in [9.17, 15) is 8.42 Å². The van der Waals surface area contributed by atoms with Crippen LogP contribution < -0.4 is 5.73 Å². The van der Waals surface area contributed by atoms with Crippen molar-refractivity contribution < 1.29 is 8.42 Å². The molecule has 1 saturated carbocycles. The van der Waals surface area contributed by atoms with E-state index in [1.54, 1.807) is 8.61 Å². The van der Waals surface area contributed by atoms with Gasteiger partial charge in [-0.25, -0.2) is 0 Å². The lowest BCUT2D eigenvalue weighted by Crippen LogP contribution is -2.55. The van der Waals surface area contributed by atoms with Gasteiger partial charge in [0, 0.05) is 32.2 Å². The minimum atomic E-state index is -3.32. The molecule has 2 N–H and O–H groups in total. The third kappa shape index (κ3) is 3.21. The second kappa shape index (κ2) is 6.75. The van der Waals surface area contributed by atoms with Gasteiger partial charge in [-0.3, -0.25) is 0 Å².